The maximum absolute atomic E-state index is 13.4. The van der Waals surface area contributed by atoms with E-state index in [1.54, 1.807) is 6.20 Å². The number of aromatic nitrogens is 1. The van der Waals surface area contributed by atoms with Crippen molar-refractivity contribution in [2.45, 2.75) is 61.7 Å². The summed E-state index contributed by atoms with van der Waals surface area (Å²) in [6, 6.07) is 10.2. The fourth-order valence-electron chi connectivity index (χ4n) is 6.18. The highest BCUT2D eigenvalue weighted by Crippen LogP contribution is 2.50. The first-order valence-electron chi connectivity index (χ1n) is 11.4. The molecule has 1 aromatic heterocycles. The summed E-state index contributed by atoms with van der Waals surface area (Å²) < 4.78 is 1.82. The lowest BCUT2D eigenvalue weighted by Crippen LogP contribution is -2.64. The lowest BCUT2D eigenvalue weighted by Gasteiger charge is -2.53. The maximum atomic E-state index is 13.4. The zero-order valence-electron chi connectivity index (χ0n) is 17.4. The van der Waals surface area contributed by atoms with Crippen molar-refractivity contribution >= 4 is 17.7 Å². The van der Waals surface area contributed by atoms with Gasteiger partial charge in [0.15, 0.2) is 11.4 Å². The highest BCUT2D eigenvalue weighted by Gasteiger charge is 2.48. The fraction of sp³-hybridized carbons (Fsp3) is 0.500. The quantitative estimate of drug-likeness (QED) is 0.738. The van der Waals surface area contributed by atoms with Crippen molar-refractivity contribution in [1.82, 2.24) is 9.58 Å². The SMILES string of the molecule is O=C1c2c(O)c(=O)ccn2N([C@H]2c3ccccc3CSC3CCCC32)[C@@H]2CCCCN12. The molecule has 1 N–H and O–H groups in total. The van der Waals surface area contributed by atoms with Gasteiger partial charge in [0.25, 0.3) is 5.91 Å². The van der Waals surface area contributed by atoms with E-state index < -0.39 is 11.2 Å². The van der Waals surface area contributed by atoms with Gasteiger partial charge in [0.1, 0.15) is 6.17 Å². The van der Waals surface area contributed by atoms with E-state index in [1.165, 1.54) is 30.0 Å². The molecule has 1 saturated heterocycles. The predicted octanol–water partition coefficient (Wildman–Crippen LogP) is 3.61. The zero-order valence-corrected chi connectivity index (χ0v) is 18.3. The van der Waals surface area contributed by atoms with Crippen LogP contribution in [0.1, 0.15) is 66.2 Å². The number of benzene rings is 1. The van der Waals surface area contributed by atoms with Crippen LogP contribution in [0.2, 0.25) is 0 Å². The van der Waals surface area contributed by atoms with Crippen molar-refractivity contribution in [3.8, 4) is 5.75 Å². The smallest absolute Gasteiger partial charge is 0.278 e. The van der Waals surface area contributed by atoms with Gasteiger partial charge in [-0.15, -0.1) is 0 Å². The summed E-state index contributed by atoms with van der Waals surface area (Å²) in [5, 5.41) is 13.6. The number of nitrogens with zero attached hydrogens (tertiary/aromatic N) is 3. The molecule has 6 nitrogen and oxygen atoms in total. The molecule has 4 atom stereocenters. The van der Waals surface area contributed by atoms with Crippen molar-refractivity contribution in [3.05, 3.63) is 63.6 Å². The summed E-state index contributed by atoms with van der Waals surface area (Å²) in [5.41, 5.74) is 2.31. The summed E-state index contributed by atoms with van der Waals surface area (Å²) >= 11 is 2.07. The number of fused-ring (bicyclic) bond motifs is 4. The van der Waals surface area contributed by atoms with Crippen LogP contribution < -0.4 is 10.4 Å². The Morgan fingerprint density at radius 1 is 1.00 bits per heavy atom. The van der Waals surface area contributed by atoms with Crippen LogP contribution >= 0.6 is 11.8 Å². The van der Waals surface area contributed by atoms with Gasteiger partial charge in [0, 0.05) is 29.8 Å². The molecular weight excluding hydrogens is 410 g/mol. The molecule has 0 spiro atoms. The number of carbonyl (C=O) groups is 1. The van der Waals surface area contributed by atoms with Gasteiger partial charge in [-0.05, 0) is 49.1 Å². The Morgan fingerprint density at radius 2 is 1.87 bits per heavy atom. The highest BCUT2D eigenvalue weighted by molar-refractivity contribution is 7.99. The molecular formula is C24H27N3O3S. The predicted molar refractivity (Wildman–Crippen MR) is 121 cm³/mol. The normalized spacial score (nSPS) is 29.6. The van der Waals surface area contributed by atoms with Gasteiger partial charge in [0.05, 0.1) is 6.04 Å². The summed E-state index contributed by atoms with van der Waals surface area (Å²) in [6.07, 6.45) is 8.19. The third-order valence-corrected chi connectivity index (χ3v) is 9.05. The number of thioether (sulfide) groups is 1. The summed E-state index contributed by atoms with van der Waals surface area (Å²) in [7, 11) is 0. The molecule has 1 amide bonds. The number of carbonyl (C=O) groups excluding carboxylic acids is 1. The van der Waals surface area contributed by atoms with Crippen LogP contribution in [-0.4, -0.2) is 38.6 Å². The number of amides is 1. The second kappa shape index (κ2) is 7.33. The van der Waals surface area contributed by atoms with Crippen molar-refractivity contribution in [2.24, 2.45) is 5.92 Å². The Labute approximate surface area is 185 Å². The van der Waals surface area contributed by atoms with Crippen LogP contribution in [0.5, 0.6) is 5.75 Å². The first-order valence-corrected chi connectivity index (χ1v) is 12.4. The van der Waals surface area contributed by atoms with Crippen LogP contribution in [0.4, 0.5) is 0 Å². The molecule has 2 unspecified atom stereocenters. The molecule has 0 radical (unpaired) electrons. The molecule has 162 valence electrons. The summed E-state index contributed by atoms with van der Waals surface area (Å²) in [4.78, 5) is 27.5. The van der Waals surface area contributed by atoms with E-state index in [4.69, 9.17) is 0 Å². The third kappa shape index (κ3) is 2.85. The largest absolute Gasteiger partial charge is 0.502 e. The molecule has 3 aliphatic heterocycles. The topological polar surface area (TPSA) is 65.8 Å². The minimum Gasteiger partial charge on any atom is -0.502 e. The Morgan fingerprint density at radius 3 is 2.77 bits per heavy atom. The average Bonchev–Trinajstić information content (AvgIpc) is 3.20. The van der Waals surface area contributed by atoms with E-state index in [1.807, 2.05) is 9.58 Å². The van der Waals surface area contributed by atoms with Gasteiger partial charge in [-0.25, -0.2) is 0 Å². The van der Waals surface area contributed by atoms with Gasteiger partial charge in [-0.1, -0.05) is 30.7 Å². The molecule has 1 aromatic carbocycles. The van der Waals surface area contributed by atoms with Crippen LogP contribution in [0.15, 0.2) is 41.3 Å². The van der Waals surface area contributed by atoms with Crippen LogP contribution in [0.3, 0.4) is 0 Å². The number of hydrogen-bond donors (Lipinski definition) is 1. The monoisotopic (exact) mass is 437 g/mol. The molecule has 4 aliphatic rings. The fourth-order valence-corrected chi connectivity index (χ4v) is 7.70. The van der Waals surface area contributed by atoms with Crippen molar-refractivity contribution in [3.63, 3.8) is 0 Å². The number of piperidine rings is 1. The van der Waals surface area contributed by atoms with Crippen LogP contribution in [0, 0.1) is 5.92 Å². The first kappa shape index (κ1) is 19.3. The molecule has 31 heavy (non-hydrogen) atoms. The number of hydrogen-bond acceptors (Lipinski definition) is 5. The van der Waals surface area contributed by atoms with E-state index in [0.29, 0.717) is 17.7 Å². The van der Waals surface area contributed by atoms with E-state index in [9.17, 15) is 14.7 Å². The molecule has 0 bridgehead atoms. The second-order valence-electron chi connectivity index (χ2n) is 9.16. The average molecular weight is 438 g/mol. The Hall–Kier alpha value is -2.41. The van der Waals surface area contributed by atoms with Gasteiger partial charge >= 0.3 is 0 Å². The summed E-state index contributed by atoms with van der Waals surface area (Å²) in [6.45, 7) is 0.666. The van der Waals surface area contributed by atoms with E-state index in [2.05, 4.69) is 41.0 Å². The molecule has 2 fully saturated rings. The van der Waals surface area contributed by atoms with Crippen LogP contribution in [0.25, 0.3) is 0 Å². The lowest BCUT2D eigenvalue weighted by atomic mass is 9.87. The first-order chi connectivity index (χ1) is 15.1. The van der Waals surface area contributed by atoms with Gasteiger partial charge in [0.2, 0.25) is 5.43 Å². The number of aromatic hydroxyl groups is 1. The van der Waals surface area contributed by atoms with Gasteiger partial charge < -0.3 is 10.0 Å². The van der Waals surface area contributed by atoms with E-state index >= 15 is 0 Å². The number of rotatable bonds is 1. The number of pyridine rings is 1. The van der Waals surface area contributed by atoms with Gasteiger partial charge in [-0.2, -0.15) is 11.8 Å². The molecule has 1 aliphatic carbocycles. The molecule has 2 aromatic rings. The van der Waals surface area contributed by atoms with Crippen molar-refractivity contribution < 1.29 is 9.90 Å². The minimum absolute atomic E-state index is 0.0574. The molecule has 6 rings (SSSR count). The Bertz CT molecular complexity index is 1100. The van der Waals surface area contributed by atoms with Crippen molar-refractivity contribution in [1.29, 1.82) is 0 Å². The highest BCUT2D eigenvalue weighted by atomic mass is 32.2. The third-order valence-electron chi connectivity index (χ3n) is 7.56. The lowest BCUT2D eigenvalue weighted by molar-refractivity contribution is 0.0429. The van der Waals surface area contributed by atoms with E-state index in [-0.39, 0.29) is 23.8 Å². The maximum Gasteiger partial charge on any atom is 0.278 e. The van der Waals surface area contributed by atoms with Crippen LogP contribution in [-0.2, 0) is 5.75 Å². The van der Waals surface area contributed by atoms with Crippen molar-refractivity contribution in [2.75, 3.05) is 11.6 Å². The zero-order chi connectivity index (χ0) is 21.1. The molecule has 7 heteroatoms. The Kier molecular flexibility index (Phi) is 4.56. The second-order valence-corrected chi connectivity index (χ2v) is 10.4. The Balaban J connectivity index is 1.60. The molecule has 1 saturated carbocycles. The minimum atomic E-state index is -0.495. The summed E-state index contributed by atoms with van der Waals surface area (Å²) in [5.74, 6) is 0.827. The standard InChI is InChI=1S/C24H27N3O3S/c28-18-11-13-26-22(23(18)29)24(30)25-12-4-3-10-20(25)27(26)21-16-7-2-1-6-15(16)14-31-19-9-5-8-17(19)21/h1-2,6-7,11,13,17,19-21,29H,3-5,8-10,12,14H2/t17?,19?,20-,21+/m1/s1. The van der Waals surface area contributed by atoms with Gasteiger partial charge in [-0.3, -0.25) is 19.3 Å². The molecule has 4 heterocycles. The van der Waals surface area contributed by atoms with E-state index in [0.717, 1.165) is 31.4 Å².